The van der Waals surface area contributed by atoms with Crippen LogP contribution in [0, 0.1) is 0 Å². The summed E-state index contributed by atoms with van der Waals surface area (Å²) in [7, 11) is 0. The molecule has 7 aromatic rings. The zero-order chi connectivity index (χ0) is 21.8. The maximum Gasteiger partial charge on any atom is 0.160 e. The number of aromatic nitrogens is 3. The molecule has 0 atom stereocenters. The molecule has 4 nitrogen and oxygen atoms in total. The van der Waals surface area contributed by atoms with Crippen molar-refractivity contribution in [1.29, 1.82) is 0 Å². The first-order chi connectivity index (χ1) is 16.3. The molecule has 0 aliphatic rings. The number of nitrogens with zero attached hydrogens (tertiary/aromatic N) is 3. The Morgan fingerprint density at radius 3 is 2.39 bits per heavy atom. The van der Waals surface area contributed by atoms with E-state index in [1.165, 1.54) is 0 Å². The number of rotatable bonds is 2. The highest BCUT2D eigenvalue weighted by molar-refractivity contribution is 6.06. The smallest absolute Gasteiger partial charge is 0.160 e. The van der Waals surface area contributed by atoms with Crippen LogP contribution in [0.2, 0.25) is 0 Å². The van der Waals surface area contributed by atoms with Crippen LogP contribution < -0.4 is 0 Å². The average Bonchev–Trinajstić information content (AvgIpc) is 3.26. The van der Waals surface area contributed by atoms with E-state index in [-0.39, 0.29) is 0 Å². The number of fused-ring (bicyclic) bond motifs is 5. The molecule has 0 radical (unpaired) electrons. The second kappa shape index (κ2) is 6.97. The van der Waals surface area contributed by atoms with Gasteiger partial charge in [-0.15, -0.1) is 0 Å². The fraction of sp³-hybridized carbons (Fsp3) is 0. The lowest BCUT2D eigenvalue weighted by molar-refractivity contribution is 0.669. The minimum Gasteiger partial charge on any atom is -0.456 e. The van der Waals surface area contributed by atoms with Crippen molar-refractivity contribution >= 4 is 43.7 Å². The highest BCUT2D eigenvalue weighted by atomic mass is 16.3. The Morgan fingerprint density at radius 2 is 1.42 bits per heavy atom. The molecule has 0 amide bonds. The number of pyridine rings is 1. The van der Waals surface area contributed by atoms with Gasteiger partial charge in [-0.25, -0.2) is 9.97 Å². The van der Waals surface area contributed by atoms with E-state index in [1.807, 2.05) is 60.8 Å². The summed E-state index contributed by atoms with van der Waals surface area (Å²) >= 11 is 0. The van der Waals surface area contributed by atoms with Gasteiger partial charge in [0.05, 0.1) is 16.7 Å². The lowest BCUT2D eigenvalue weighted by Gasteiger charge is -2.11. The van der Waals surface area contributed by atoms with Gasteiger partial charge in [0, 0.05) is 38.9 Å². The summed E-state index contributed by atoms with van der Waals surface area (Å²) in [6.45, 7) is 0. The van der Waals surface area contributed by atoms with Crippen LogP contribution in [0.15, 0.2) is 108 Å². The Morgan fingerprint density at radius 1 is 0.606 bits per heavy atom. The van der Waals surface area contributed by atoms with Crippen LogP contribution in [0.25, 0.3) is 66.4 Å². The van der Waals surface area contributed by atoms with Gasteiger partial charge in [0.15, 0.2) is 5.82 Å². The molecule has 0 saturated carbocycles. The van der Waals surface area contributed by atoms with Crippen molar-refractivity contribution in [3.05, 3.63) is 103 Å². The zero-order valence-corrected chi connectivity index (χ0v) is 17.6. The largest absolute Gasteiger partial charge is 0.456 e. The van der Waals surface area contributed by atoms with Gasteiger partial charge < -0.3 is 4.42 Å². The van der Waals surface area contributed by atoms with Crippen molar-refractivity contribution in [3.8, 4) is 22.6 Å². The molecule has 33 heavy (non-hydrogen) atoms. The van der Waals surface area contributed by atoms with Gasteiger partial charge in [-0.1, -0.05) is 60.7 Å². The molecular weight excluding hydrogens is 406 g/mol. The van der Waals surface area contributed by atoms with Gasteiger partial charge in [0.25, 0.3) is 0 Å². The van der Waals surface area contributed by atoms with Crippen molar-refractivity contribution < 1.29 is 4.42 Å². The van der Waals surface area contributed by atoms with Crippen molar-refractivity contribution in [2.24, 2.45) is 0 Å². The summed E-state index contributed by atoms with van der Waals surface area (Å²) in [5.74, 6) is 0.684. The van der Waals surface area contributed by atoms with E-state index in [1.54, 1.807) is 0 Å². The molecule has 0 aliphatic carbocycles. The molecule has 0 saturated heterocycles. The summed E-state index contributed by atoms with van der Waals surface area (Å²) in [6.07, 6.45) is 1.83. The molecule has 0 unspecified atom stereocenters. The Kier molecular flexibility index (Phi) is 3.81. The summed E-state index contributed by atoms with van der Waals surface area (Å²) in [5, 5.41) is 4.25. The summed E-state index contributed by atoms with van der Waals surface area (Å²) in [6, 6.07) is 32.6. The lowest BCUT2D eigenvalue weighted by Crippen LogP contribution is -1.96. The van der Waals surface area contributed by atoms with E-state index in [2.05, 4.69) is 47.4 Å². The molecule has 4 aromatic carbocycles. The van der Waals surface area contributed by atoms with Crippen molar-refractivity contribution in [3.63, 3.8) is 0 Å². The second-order valence-electron chi connectivity index (χ2n) is 8.10. The van der Waals surface area contributed by atoms with Crippen LogP contribution in [0.3, 0.4) is 0 Å². The number of hydrogen-bond donors (Lipinski definition) is 0. The third-order valence-electron chi connectivity index (χ3n) is 6.13. The van der Waals surface area contributed by atoms with E-state index < -0.39 is 0 Å². The lowest BCUT2D eigenvalue weighted by atomic mass is 10.0. The molecule has 4 heteroatoms. The molecule has 154 valence electrons. The van der Waals surface area contributed by atoms with Crippen molar-refractivity contribution in [2.75, 3.05) is 0 Å². The van der Waals surface area contributed by atoms with Crippen LogP contribution in [0.1, 0.15) is 0 Å². The standard InChI is InChI=1S/C29H17N3O/c1-3-12-24-21(10-1)28(22-11-5-7-18-8-6-16-30-27(18)22)32-29(31-24)19-14-15-26-23(17-19)20-9-2-4-13-25(20)33-26/h1-17H. The predicted molar refractivity (Wildman–Crippen MR) is 133 cm³/mol. The van der Waals surface area contributed by atoms with Gasteiger partial charge in [-0.3, -0.25) is 4.98 Å². The van der Waals surface area contributed by atoms with E-state index in [0.717, 1.165) is 60.6 Å². The van der Waals surface area contributed by atoms with E-state index >= 15 is 0 Å². The molecule has 0 bridgehead atoms. The Labute approximate surface area is 189 Å². The maximum atomic E-state index is 6.01. The monoisotopic (exact) mass is 423 g/mol. The van der Waals surface area contributed by atoms with Crippen LogP contribution in [-0.4, -0.2) is 15.0 Å². The van der Waals surface area contributed by atoms with Gasteiger partial charge in [-0.2, -0.15) is 0 Å². The number of para-hydroxylation sites is 3. The zero-order valence-electron chi connectivity index (χ0n) is 17.6. The van der Waals surface area contributed by atoms with Gasteiger partial charge in [0.2, 0.25) is 0 Å². The fourth-order valence-electron chi connectivity index (χ4n) is 4.57. The van der Waals surface area contributed by atoms with Crippen LogP contribution >= 0.6 is 0 Å². The molecular formula is C29H17N3O. The number of hydrogen-bond acceptors (Lipinski definition) is 4. The third-order valence-corrected chi connectivity index (χ3v) is 6.13. The van der Waals surface area contributed by atoms with Crippen molar-refractivity contribution in [1.82, 2.24) is 15.0 Å². The summed E-state index contributed by atoms with van der Waals surface area (Å²) in [5.41, 5.74) is 6.42. The normalized spacial score (nSPS) is 11.6. The number of benzene rings is 4. The molecule has 3 heterocycles. The first-order valence-corrected chi connectivity index (χ1v) is 10.9. The second-order valence-corrected chi connectivity index (χ2v) is 8.10. The Hall–Kier alpha value is -4.57. The Bertz CT molecular complexity index is 1830. The highest BCUT2D eigenvalue weighted by Gasteiger charge is 2.15. The molecule has 0 spiro atoms. The first-order valence-electron chi connectivity index (χ1n) is 10.9. The molecule has 3 aromatic heterocycles. The van der Waals surface area contributed by atoms with Gasteiger partial charge >= 0.3 is 0 Å². The minimum absolute atomic E-state index is 0.684. The van der Waals surface area contributed by atoms with E-state index in [0.29, 0.717) is 5.82 Å². The van der Waals surface area contributed by atoms with E-state index in [9.17, 15) is 0 Å². The molecule has 0 aliphatic heterocycles. The topological polar surface area (TPSA) is 51.8 Å². The molecule has 7 rings (SSSR count). The average molecular weight is 423 g/mol. The highest BCUT2D eigenvalue weighted by Crippen LogP contribution is 2.35. The van der Waals surface area contributed by atoms with Gasteiger partial charge in [-0.05, 0) is 36.4 Å². The van der Waals surface area contributed by atoms with Crippen LogP contribution in [0.4, 0.5) is 0 Å². The maximum absolute atomic E-state index is 6.01. The van der Waals surface area contributed by atoms with Crippen molar-refractivity contribution in [2.45, 2.75) is 0 Å². The summed E-state index contributed by atoms with van der Waals surface area (Å²) < 4.78 is 6.01. The Balaban J connectivity index is 1.52. The van der Waals surface area contributed by atoms with Gasteiger partial charge in [0.1, 0.15) is 11.2 Å². The molecule has 0 N–H and O–H groups in total. The predicted octanol–water partition coefficient (Wildman–Crippen LogP) is 7.41. The summed E-state index contributed by atoms with van der Waals surface area (Å²) in [4.78, 5) is 14.7. The third kappa shape index (κ3) is 2.81. The van der Waals surface area contributed by atoms with Crippen LogP contribution in [-0.2, 0) is 0 Å². The van der Waals surface area contributed by atoms with Crippen LogP contribution in [0.5, 0.6) is 0 Å². The number of furan rings is 1. The minimum atomic E-state index is 0.684. The fourth-order valence-corrected chi connectivity index (χ4v) is 4.57. The quantitative estimate of drug-likeness (QED) is 0.290. The SMILES string of the molecule is c1cnc2c(-c3nc(-c4ccc5oc6ccccc6c5c4)nc4ccccc34)cccc2c1. The molecule has 0 fully saturated rings. The van der Waals surface area contributed by atoms with E-state index in [4.69, 9.17) is 14.4 Å². The first kappa shape index (κ1) is 18.0.